The fourth-order valence-electron chi connectivity index (χ4n) is 1.34. The Labute approximate surface area is 96.6 Å². The van der Waals surface area contributed by atoms with E-state index in [-0.39, 0.29) is 0 Å². The fourth-order valence-corrected chi connectivity index (χ4v) is 2.17. The maximum absolute atomic E-state index is 4.13. The van der Waals surface area contributed by atoms with Crippen molar-refractivity contribution in [2.75, 3.05) is 18.8 Å². The summed E-state index contributed by atoms with van der Waals surface area (Å²) in [4.78, 5) is 1.26. The van der Waals surface area contributed by atoms with E-state index < -0.39 is 0 Å². The highest BCUT2D eigenvalue weighted by Gasteiger charge is 1.95. The van der Waals surface area contributed by atoms with E-state index in [0.717, 1.165) is 18.8 Å². The molecule has 15 heavy (non-hydrogen) atoms. The molecule has 0 spiro atoms. The number of thioether (sulfide) groups is 1. The molecule has 0 atom stereocenters. The van der Waals surface area contributed by atoms with Crippen LogP contribution in [0.1, 0.15) is 26.2 Å². The topological polar surface area (TPSA) is 29.9 Å². The Morgan fingerprint density at radius 2 is 2.27 bits per heavy atom. The Morgan fingerprint density at radius 1 is 1.40 bits per heavy atom. The summed E-state index contributed by atoms with van der Waals surface area (Å²) in [7, 11) is 1.95. The SMILES string of the molecule is CCCCCNCCSc1cnn(C)c1. The van der Waals surface area contributed by atoms with Gasteiger partial charge in [0.15, 0.2) is 0 Å². The number of hydrogen-bond donors (Lipinski definition) is 1. The average Bonchev–Trinajstić information content (AvgIpc) is 2.63. The minimum atomic E-state index is 1.09. The Bertz CT molecular complexity index is 260. The molecule has 0 radical (unpaired) electrons. The van der Waals surface area contributed by atoms with Gasteiger partial charge in [-0.05, 0) is 13.0 Å². The zero-order valence-electron chi connectivity index (χ0n) is 9.70. The van der Waals surface area contributed by atoms with Crippen LogP contribution in [-0.4, -0.2) is 28.6 Å². The maximum Gasteiger partial charge on any atom is 0.0625 e. The quantitative estimate of drug-likeness (QED) is 0.546. The second kappa shape index (κ2) is 7.77. The largest absolute Gasteiger partial charge is 0.316 e. The number of nitrogens with zero attached hydrogens (tertiary/aromatic N) is 2. The molecule has 1 aromatic rings. The highest BCUT2D eigenvalue weighted by Crippen LogP contribution is 2.14. The molecular formula is C11H21N3S. The highest BCUT2D eigenvalue weighted by atomic mass is 32.2. The van der Waals surface area contributed by atoms with E-state index in [1.54, 1.807) is 0 Å². The number of nitrogens with one attached hydrogen (secondary N) is 1. The summed E-state index contributed by atoms with van der Waals surface area (Å²) < 4.78 is 1.84. The molecule has 1 aromatic heterocycles. The first-order chi connectivity index (χ1) is 7.33. The third-order valence-corrected chi connectivity index (χ3v) is 3.14. The molecule has 0 amide bonds. The standard InChI is InChI=1S/C11H21N3S/c1-3-4-5-6-12-7-8-15-11-9-13-14(2)10-11/h9-10,12H,3-8H2,1-2H3. The molecule has 4 heteroatoms. The molecule has 0 saturated heterocycles. The number of unbranched alkanes of at least 4 members (excludes halogenated alkanes) is 2. The van der Waals surface area contributed by atoms with Gasteiger partial charge in [0.2, 0.25) is 0 Å². The van der Waals surface area contributed by atoms with Crippen molar-refractivity contribution in [3.8, 4) is 0 Å². The first kappa shape index (κ1) is 12.6. The molecule has 0 fully saturated rings. The van der Waals surface area contributed by atoms with Crippen LogP contribution in [0.15, 0.2) is 17.3 Å². The molecule has 0 aliphatic rings. The van der Waals surface area contributed by atoms with Gasteiger partial charge in [-0.3, -0.25) is 4.68 Å². The minimum Gasteiger partial charge on any atom is -0.316 e. The zero-order chi connectivity index (χ0) is 10.9. The van der Waals surface area contributed by atoms with Gasteiger partial charge in [0.25, 0.3) is 0 Å². The lowest BCUT2D eigenvalue weighted by Crippen LogP contribution is -2.18. The van der Waals surface area contributed by atoms with Gasteiger partial charge in [-0.1, -0.05) is 19.8 Å². The molecule has 1 N–H and O–H groups in total. The summed E-state index contributed by atoms with van der Waals surface area (Å²) in [5.74, 6) is 1.12. The van der Waals surface area contributed by atoms with Crippen LogP contribution in [0.4, 0.5) is 0 Å². The number of hydrogen-bond acceptors (Lipinski definition) is 3. The second-order valence-electron chi connectivity index (χ2n) is 3.66. The molecule has 1 rings (SSSR count). The predicted octanol–water partition coefficient (Wildman–Crippen LogP) is 2.29. The third-order valence-electron chi connectivity index (χ3n) is 2.19. The van der Waals surface area contributed by atoms with Gasteiger partial charge in [-0.25, -0.2) is 0 Å². The van der Waals surface area contributed by atoms with Crippen LogP contribution in [0.5, 0.6) is 0 Å². The van der Waals surface area contributed by atoms with E-state index in [1.807, 2.05) is 29.7 Å². The van der Waals surface area contributed by atoms with Crippen molar-refractivity contribution < 1.29 is 0 Å². The van der Waals surface area contributed by atoms with Crippen molar-refractivity contribution in [3.63, 3.8) is 0 Å². The molecule has 86 valence electrons. The fraction of sp³-hybridized carbons (Fsp3) is 0.727. The Kier molecular flexibility index (Phi) is 6.52. The monoisotopic (exact) mass is 227 g/mol. The van der Waals surface area contributed by atoms with Crippen molar-refractivity contribution in [2.24, 2.45) is 7.05 Å². The van der Waals surface area contributed by atoms with Gasteiger partial charge in [0, 0.05) is 30.4 Å². The van der Waals surface area contributed by atoms with Gasteiger partial charge < -0.3 is 5.32 Å². The summed E-state index contributed by atoms with van der Waals surface area (Å²) in [6.45, 7) is 4.48. The molecule has 0 unspecified atom stereocenters. The lowest BCUT2D eigenvalue weighted by molar-refractivity contribution is 0.636. The van der Waals surface area contributed by atoms with E-state index in [4.69, 9.17) is 0 Å². The maximum atomic E-state index is 4.13. The van der Waals surface area contributed by atoms with E-state index in [9.17, 15) is 0 Å². The second-order valence-corrected chi connectivity index (χ2v) is 4.82. The molecule has 3 nitrogen and oxygen atoms in total. The average molecular weight is 227 g/mol. The summed E-state index contributed by atoms with van der Waals surface area (Å²) in [5.41, 5.74) is 0. The van der Waals surface area contributed by atoms with Crippen LogP contribution >= 0.6 is 11.8 Å². The summed E-state index contributed by atoms with van der Waals surface area (Å²) >= 11 is 1.86. The highest BCUT2D eigenvalue weighted by molar-refractivity contribution is 7.99. The molecule has 1 heterocycles. The summed E-state index contributed by atoms with van der Waals surface area (Å²) in [6.07, 6.45) is 7.91. The van der Waals surface area contributed by atoms with Gasteiger partial charge in [-0.15, -0.1) is 11.8 Å². The van der Waals surface area contributed by atoms with Crippen LogP contribution in [0.2, 0.25) is 0 Å². The summed E-state index contributed by atoms with van der Waals surface area (Å²) in [6, 6.07) is 0. The smallest absolute Gasteiger partial charge is 0.0625 e. The number of rotatable bonds is 8. The van der Waals surface area contributed by atoms with Crippen molar-refractivity contribution in [1.82, 2.24) is 15.1 Å². The van der Waals surface area contributed by atoms with E-state index in [1.165, 1.54) is 24.2 Å². The van der Waals surface area contributed by atoms with E-state index in [0.29, 0.717) is 0 Å². The van der Waals surface area contributed by atoms with E-state index in [2.05, 4.69) is 23.5 Å². The lowest BCUT2D eigenvalue weighted by atomic mass is 10.2. The van der Waals surface area contributed by atoms with Crippen LogP contribution in [0.25, 0.3) is 0 Å². The first-order valence-electron chi connectivity index (χ1n) is 5.65. The van der Waals surface area contributed by atoms with Gasteiger partial charge in [-0.2, -0.15) is 5.10 Å². The predicted molar refractivity (Wildman–Crippen MR) is 66.3 cm³/mol. The van der Waals surface area contributed by atoms with Gasteiger partial charge in [0.1, 0.15) is 0 Å². The van der Waals surface area contributed by atoms with Crippen LogP contribution in [-0.2, 0) is 7.05 Å². The molecular weight excluding hydrogens is 206 g/mol. The van der Waals surface area contributed by atoms with E-state index >= 15 is 0 Å². The molecule has 0 aromatic carbocycles. The Hall–Kier alpha value is -0.480. The minimum absolute atomic E-state index is 1.09. The molecule has 0 aliphatic carbocycles. The molecule has 0 saturated carbocycles. The molecule has 0 bridgehead atoms. The van der Waals surface area contributed by atoms with Crippen molar-refractivity contribution >= 4 is 11.8 Å². The number of aromatic nitrogens is 2. The van der Waals surface area contributed by atoms with Crippen LogP contribution < -0.4 is 5.32 Å². The normalized spacial score (nSPS) is 10.8. The molecule has 0 aliphatic heterocycles. The Morgan fingerprint density at radius 3 is 2.93 bits per heavy atom. The first-order valence-corrected chi connectivity index (χ1v) is 6.63. The van der Waals surface area contributed by atoms with Crippen LogP contribution in [0.3, 0.4) is 0 Å². The Balaban J connectivity index is 1.93. The van der Waals surface area contributed by atoms with Gasteiger partial charge in [0.05, 0.1) is 6.20 Å². The van der Waals surface area contributed by atoms with Gasteiger partial charge >= 0.3 is 0 Å². The van der Waals surface area contributed by atoms with Crippen molar-refractivity contribution in [2.45, 2.75) is 31.1 Å². The summed E-state index contributed by atoms with van der Waals surface area (Å²) in [5, 5.41) is 7.58. The zero-order valence-corrected chi connectivity index (χ0v) is 10.5. The van der Waals surface area contributed by atoms with Crippen molar-refractivity contribution in [3.05, 3.63) is 12.4 Å². The number of aryl methyl sites for hydroxylation is 1. The third kappa shape index (κ3) is 5.85. The van der Waals surface area contributed by atoms with Crippen molar-refractivity contribution in [1.29, 1.82) is 0 Å². The van der Waals surface area contributed by atoms with Crippen LogP contribution in [0, 0.1) is 0 Å². The lowest BCUT2D eigenvalue weighted by Gasteiger charge is -2.02.